The van der Waals surface area contributed by atoms with Gasteiger partial charge in [-0.25, -0.2) is 9.59 Å². The number of aryl methyl sites for hydroxylation is 2. The molecule has 3 aromatic rings. The number of aromatic nitrogens is 1. The maximum Gasteiger partial charge on any atom is 0.339 e. The van der Waals surface area contributed by atoms with Gasteiger partial charge in [0.25, 0.3) is 0 Å². The second-order valence-electron chi connectivity index (χ2n) is 6.65. The van der Waals surface area contributed by atoms with Gasteiger partial charge in [-0.1, -0.05) is 0 Å². The molecule has 0 amide bonds. The van der Waals surface area contributed by atoms with Gasteiger partial charge in [0, 0.05) is 23.2 Å². The summed E-state index contributed by atoms with van der Waals surface area (Å²) in [5.41, 5.74) is 2.47. The van der Waals surface area contributed by atoms with E-state index in [1.165, 1.54) is 13.2 Å². The first-order valence-corrected chi connectivity index (χ1v) is 8.75. The van der Waals surface area contributed by atoms with Crippen LogP contribution in [0.25, 0.3) is 11.0 Å². The molecule has 1 atom stereocenters. The number of H-pyrrole nitrogens is 1. The number of aromatic amines is 1. The maximum atomic E-state index is 12.8. The summed E-state index contributed by atoms with van der Waals surface area (Å²) in [6, 6.07) is 6.50. The first kappa shape index (κ1) is 19.4. The minimum atomic E-state index is -0.823. The smallest absolute Gasteiger partial charge is 0.339 e. The van der Waals surface area contributed by atoms with Gasteiger partial charge < -0.3 is 18.9 Å². The van der Waals surface area contributed by atoms with Crippen molar-refractivity contribution in [1.29, 1.82) is 0 Å². The first-order valence-electron chi connectivity index (χ1n) is 8.75. The summed E-state index contributed by atoms with van der Waals surface area (Å²) in [5, 5.41) is 0.796. The number of fused-ring (bicyclic) bond motifs is 1. The SMILES string of the molecule is COC(=O)c1c(C)[nH]c(C(=O)[C@H](C)Oc2ccc3c(C)cc(=O)oc3c2)c1C. The zero-order valence-electron chi connectivity index (χ0n) is 16.3. The molecular formula is C21H21NO6. The highest BCUT2D eigenvalue weighted by atomic mass is 16.5. The van der Waals surface area contributed by atoms with Crippen molar-refractivity contribution in [3.63, 3.8) is 0 Å². The Morgan fingerprint density at radius 1 is 1.14 bits per heavy atom. The van der Waals surface area contributed by atoms with Crippen molar-refractivity contribution in [2.24, 2.45) is 0 Å². The quantitative estimate of drug-likeness (QED) is 0.411. The summed E-state index contributed by atoms with van der Waals surface area (Å²) in [7, 11) is 1.29. The maximum absolute atomic E-state index is 12.8. The molecule has 0 saturated heterocycles. The van der Waals surface area contributed by atoms with Gasteiger partial charge in [0.2, 0.25) is 5.78 Å². The van der Waals surface area contributed by atoms with Gasteiger partial charge in [-0.2, -0.15) is 0 Å². The molecule has 0 aliphatic rings. The van der Waals surface area contributed by atoms with Gasteiger partial charge >= 0.3 is 11.6 Å². The Balaban J connectivity index is 1.88. The Morgan fingerprint density at radius 2 is 1.86 bits per heavy atom. The molecule has 7 heteroatoms. The normalized spacial score (nSPS) is 12.0. The number of nitrogens with one attached hydrogen (secondary N) is 1. The lowest BCUT2D eigenvalue weighted by molar-refractivity contribution is 0.0599. The summed E-state index contributed by atoms with van der Waals surface area (Å²) >= 11 is 0. The molecule has 1 N–H and O–H groups in total. The topological polar surface area (TPSA) is 98.6 Å². The van der Waals surface area contributed by atoms with E-state index >= 15 is 0 Å². The largest absolute Gasteiger partial charge is 0.482 e. The molecule has 0 unspecified atom stereocenters. The number of benzene rings is 1. The van der Waals surface area contributed by atoms with Gasteiger partial charge in [0.1, 0.15) is 11.3 Å². The van der Waals surface area contributed by atoms with Crippen molar-refractivity contribution in [2.75, 3.05) is 7.11 Å². The third kappa shape index (κ3) is 3.43. The summed E-state index contributed by atoms with van der Waals surface area (Å²) in [6.45, 7) is 6.83. The van der Waals surface area contributed by atoms with E-state index in [0.717, 1.165) is 10.9 Å². The molecule has 2 aromatic heterocycles. The zero-order chi connectivity index (χ0) is 20.6. The van der Waals surface area contributed by atoms with Gasteiger partial charge in [-0.05, 0) is 51.0 Å². The van der Waals surface area contributed by atoms with Crippen LogP contribution in [0.4, 0.5) is 0 Å². The third-order valence-electron chi connectivity index (χ3n) is 4.68. The van der Waals surface area contributed by atoms with Crippen LogP contribution in [0.5, 0.6) is 5.75 Å². The molecule has 0 aliphatic carbocycles. The molecule has 0 spiro atoms. The number of hydrogen-bond acceptors (Lipinski definition) is 6. The van der Waals surface area contributed by atoms with Crippen LogP contribution in [-0.4, -0.2) is 30.0 Å². The van der Waals surface area contributed by atoms with Crippen LogP contribution in [0, 0.1) is 20.8 Å². The van der Waals surface area contributed by atoms with E-state index in [-0.39, 0.29) is 5.78 Å². The third-order valence-corrected chi connectivity index (χ3v) is 4.68. The molecule has 3 rings (SSSR count). The molecule has 0 bridgehead atoms. The predicted molar refractivity (Wildman–Crippen MR) is 103 cm³/mol. The van der Waals surface area contributed by atoms with Gasteiger partial charge in [0.05, 0.1) is 18.4 Å². The van der Waals surface area contributed by atoms with Gasteiger partial charge in [-0.3, -0.25) is 4.79 Å². The van der Waals surface area contributed by atoms with E-state index in [9.17, 15) is 14.4 Å². The Morgan fingerprint density at radius 3 is 2.54 bits per heavy atom. The minimum Gasteiger partial charge on any atom is -0.482 e. The molecule has 2 heterocycles. The van der Waals surface area contributed by atoms with Gasteiger partial charge in [0.15, 0.2) is 6.10 Å². The lowest BCUT2D eigenvalue weighted by atomic mass is 10.1. The van der Waals surface area contributed by atoms with Crippen LogP contribution in [0.3, 0.4) is 0 Å². The summed E-state index contributed by atoms with van der Waals surface area (Å²) in [6.07, 6.45) is -0.823. The second-order valence-corrected chi connectivity index (χ2v) is 6.65. The van der Waals surface area contributed by atoms with Crippen molar-refractivity contribution in [2.45, 2.75) is 33.8 Å². The van der Waals surface area contributed by atoms with E-state index < -0.39 is 17.7 Å². The first-order chi connectivity index (χ1) is 13.2. The molecule has 0 saturated carbocycles. The number of carbonyl (C=O) groups is 2. The number of Topliss-reactive ketones (excluding diaryl/α,β-unsaturated/α-hetero) is 1. The molecule has 1 aromatic carbocycles. The fourth-order valence-electron chi connectivity index (χ4n) is 3.24. The molecular weight excluding hydrogens is 362 g/mol. The average molecular weight is 383 g/mol. The van der Waals surface area contributed by atoms with Crippen LogP contribution in [0.15, 0.2) is 33.5 Å². The molecule has 0 radical (unpaired) electrons. The Hall–Kier alpha value is -3.35. The van der Waals surface area contributed by atoms with Crippen LogP contribution in [-0.2, 0) is 4.74 Å². The predicted octanol–water partition coefficient (Wildman–Crippen LogP) is 3.48. The van der Waals surface area contributed by atoms with Crippen LogP contribution >= 0.6 is 0 Å². The van der Waals surface area contributed by atoms with Crippen molar-refractivity contribution < 1.29 is 23.5 Å². The second kappa shape index (κ2) is 7.34. The van der Waals surface area contributed by atoms with Crippen LogP contribution in [0.1, 0.15) is 44.6 Å². The lowest BCUT2D eigenvalue weighted by Crippen LogP contribution is -2.25. The summed E-state index contributed by atoms with van der Waals surface area (Å²) < 4.78 is 15.7. The minimum absolute atomic E-state index is 0.300. The lowest BCUT2D eigenvalue weighted by Gasteiger charge is -2.14. The van der Waals surface area contributed by atoms with Crippen molar-refractivity contribution in [3.05, 3.63) is 62.8 Å². The summed E-state index contributed by atoms with van der Waals surface area (Å²) in [5.74, 6) is -0.406. The Labute approximate surface area is 161 Å². The molecule has 7 nitrogen and oxygen atoms in total. The van der Waals surface area contributed by atoms with Crippen molar-refractivity contribution in [3.8, 4) is 5.75 Å². The number of rotatable bonds is 5. The molecule has 28 heavy (non-hydrogen) atoms. The van der Waals surface area contributed by atoms with E-state index in [4.69, 9.17) is 13.9 Å². The van der Waals surface area contributed by atoms with E-state index in [1.54, 1.807) is 39.0 Å². The average Bonchev–Trinajstić information content (AvgIpc) is 2.94. The Bertz CT molecular complexity index is 1140. The number of ketones is 1. The number of hydrogen-bond donors (Lipinski definition) is 1. The number of carbonyl (C=O) groups excluding carboxylic acids is 2. The highest BCUT2D eigenvalue weighted by molar-refractivity contribution is 6.03. The van der Waals surface area contributed by atoms with Crippen LogP contribution < -0.4 is 10.4 Å². The number of methoxy groups -OCH3 is 1. The highest BCUT2D eigenvalue weighted by Gasteiger charge is 2.26. The monoisotopic (exact) mass is 383 g/mol. The fourth-order valence-corrected chi connectivity index (χ4v) is 3.24. The highest BCUT2D eigenvalue weighted by Crippen LogP contribution is 2.25. The van der Waals surface area contributed by atoms with Crippen molar-refractivity contribution in [1.82, 2.24) is 4.98 Å². The molecule has 0 fully saturated rings. The van der Waals surface area contributed by atoms with Crippen molar-refractivity contribution >= 4 is 22.7 Å². The standard InChI is InChI=1S/C21H21NO6/c1-10-8-17(23)28-16-9-14(6-7-15(10)16)27-13(4)20(24)19-11(2)18(12(3)22-19)21(25)26-5/h6-9,13,22H,1-5H3/t13-/m0/s1. The zero-order valence-corrected chi connectivity index (χ0v) is 16.3. The molecule has 146 valence electrons. The van der Waals surface area contributed by atoms with Gasteiger partial charge in [-0.15, -0.1) is 0 Å². The molecule has 0 aliphatic heterocycles. The Kier molecular flexibility index (Phi) is 5.09. The fraction of sp³-hybridized carbons (Fsp3) is 0.286. The van der Waals surface area contributed by atoms with E-state index in [0.29, 0.717) is 33.8 Å². The van der Waals surface area contributed by atoms with E-state index in [1.807, 2.05) is 6.92 Å². The number of ether oxygens (including phenoxy) is 2. The van der Waals surface area contributed by atoms with Crippen LogP contribution in [0.2, 0.25) is 0 Å². The van der Waals surface area contributed by atoms with E-state index in [2.05, 4.69) is 4.98 Å². The summed E-state index contributed by atoms with van der Waals surface area (Å²) in [4.78, 5) is 39.3. The number of esters is 1.